The molecule has 4 rings (SSSR count). The summed E-state index contributed by atoms with van der Waals surface area (Å²) in [5.41, 5.74) is 2.30. The Morgan fingerprint density at radius 3 is 2.38 bits per heavy atom. The van der Waals surface area contributed by atoms with E-state index >= 15 is 0 Å². The molecule has 0 aromatic heterocycles. The normalized spacial score (nSPS) is 17.9. The van der Waals surface area contributed by atoms with Crippen molar-refractivity contribution in [3.63, 3.8) is 0 Å². The van der Waals surface area contributed by atoms with Crippen molar-refractivity contribution in [2.24, 2.45) is 10.8 Å². The lowest BCUT2D eigenvalue weighted by molar-refractivity contribution is 0.102. The number of anilines is 2. The molecule has 0 bridgehead atoms. The number of sulfone groups is 1. The number of hydrogen-bond donors (Lipinski definition) is 1. The number of carbonyl (C=O) groups excluding carboxylic acids is 1. The van der Waals surface area contributed by atoms with Gasteiger partial charge in [-0.2, -0.15) is 0 Å². The van der Waals surface area contributed by atoms with Gasteiger partial charge in [-0.15, -0.1) is 0 Å². The van der Waals surface area contributed by atoms with Crippen LogP contribution in [0.4, 0.5) is 11.4 Å². The summed E-state index contributed by atoms with van der Waals surface area (Å²) in [4.78, 5) is 15.8. The zero-order chi connectivity index (χ0) is 23.1. The number of nitrogens with one attached hydrogen (secondary N) is 1. The SMILES string of the molecule is CC(C)(C)CS(=O)(=O)c1cccc(NC(=O)c2ccc(I)cc2N2CCC3(CC2)CC3)c1. The second-order valence-corrected chi connectivity index (χ2v) is 13.7. The van der Waals surface area contributed by atoms with Crippen LogP contribution in [0.1, 0.15) is 56.8 Å². The molecule has 1 spiro atoms. The molecule has 2 aliphatic rings. The lowest BCUT2D eigenvalue weighted by atomic mass is 9.93. The van der Waals surface area contributed by atoms with Crippen LogP contribution in [0.5, 0.6) is 0 Å². The van der Waals surface area contributed by atoms with E-state index in [1.807, 2.05) is 32.9 Å². The Kier molecular flexibility index (Phi) is 6.35. The van der Waals surface area contributed by atoms with Crippen molar-refractivity contribution in [1.82, 2.24) is 0 Å². The van der Waals surface area contributed by atoms with E-state index in [-0.39, 0.29) is 22.0 Å². The predicted octanol–water partition coefficient (Wildman–Crippen LogP) is 5.74. The third-order valence-corrected chi connectivity index (χ3v) is 9.29. The molecule has 32 heavy (non-hydrogen) atoms. The lowest BCUT2D eigenvalue weighted by Gasteiger charge is -2.35. The van der Waals surface area contributed by atoms with Crippen LogP contribution in [-0.2, 0) is 9.84 Å². The molecule has 2 fully saturated rings. The molecule has 2 aromatic carbocycles. The van der Waals surface area contributed by atoms with Crippen LogP contribution >= 0.6 is 22.6 Å². The summed E-state index contributed by atoms with van der Waals surface area (Å²) in [6.07, 6.45) is 5.06. The minimum absolute atomic E-state index is 0.0507. The number of hydrogen-bond acceptors (Lipinski definition) is 4. The Hall–Kier alpha value is -1.61. The van der Waals surface area contributed by atoms with Gasteiger partial charge in [-0.25, -0.2) is 8.42 Å². The zero-order valence-electron chi connectivity index (χ0n) is 18.9. The number of benzene rings is 2. The smallest absolute Gasteiger partial charge is 0.257 e. The number of carbonyl (C=O) groups is 1. The van der Waals surface area contributed by atoms with Crippen molar-refractivity contribution in [2.75, 3.05) is 29.1 Å². The Labute approximate surface area is 205 Å². The topological polar surface area (TPSA) is 66.5 Å². The molecule has 5 nitrogen and oxygen atoms in total. The molecule has 1 saturated carbocycles. The molecule has 1 saturated heterocycles. The monoisotopic (exact) mass is 566 g/mol. The van der Waals surface area contributed by atoms with Crippen LogP contribution < -0.4 is 10.2 Å². The first-order valence-corrected chi connectivity index (χ1v) is 13.9. The Morgan fingerprint density at radius 1 is 1.06 bits per heavy atom. The van der Waals surface area contributed by atoms with Gasteiger partial charge in [0.25, 0.3) is 5.91 Å². The summed E-state index contributed by atoms with van der Waals surface area (Å²) in [7, 11) is -3.44. The molecule has 172 valence electrons. The van der Waals surface area contributed by atoms with Crippen molar-refractivity contribution in [1.29, 1.82) is 0 Å². The Balaban J connectivity index is 1.55. The Morgan fingerprint density at radius 2 is 1.75 bits per heavy atom. The molecule has 0 atom stereocenters. The maximum atomic E-state index is 13.2. The average Bonchev–Trinajstić information content (AvgIpc) is 3.45. The summed E-state index contributed by atoms with van der Waals surface area (Å²) in [6, 6.07) is 12.4. The van der Waals surface area contributed by atoms with E-state index in [0.717, 1.165) is 22.3 Å². The summed E-state index contributed by atoms with van der Waals surface area (Å²) in [5.74, 6) is -0.164. The van der Waals surface area contributed by atoms with E-state index < -0.39 is 9.84 Å². The first-order chi connectivity index (χ1) is 15.0. The quantitative estimate of drug-likeness (QED) is 0.469. The van der Waals surface area contributed by atoms with Gasteiger partial charge in [0.05, 0.1) is 21.9 Å². The van der Waals surface area contributed by atoms with Gasteiger partial charge < -0.3 is 10.2 Å². The number of halogens is 1. The molecule has 0 unspecified atom stereocenters. The Bertz CT molecular complexity index is 1120. The highest BCUT2D eigenvalue weighted by Gasteiger charge is 2.44. The largest absolute Gasteiger partial charge is 0.371 e. The van der Waals surface area contributed by atoms with Crippen LogP contribution in [0, 0.1) is 14.4 Å². The van der Waals surface area contributed by atoms with Crippen molar-refractivity contribution in [2.45, 2.75) is 51.3 Å². The fourth-order valence-corrected chi connectivity index (χ4v) is 6.85. The summed E-state index contributed by atoms with van der Waals surface area (Å²) < 4.78 is 26.7. The van der Waals surface area contributed by atoms with Crippen molar-refractivity contribution in [3.05, 3.63) is 51.6 Å². The van der Waals surface area contributed by atoms with Crippen molar-refractivity contribution >= 4 is 49.7 Å². The van der Waals surface area contributed by atoms with Gasteiger partial charge in [0.15, 0.2) is 9.84 Å². The fraction of sp³-hybridized carbons (Fsp3) is 0.480. The second kappa shape index (κ2) is 8.63. The highest BCUT2D eigenvalue weighted by atomic mass is 127. The lowest BCUT2D eigenvalue weighted by Crippen LogP contribution is -2.35. The molecular formula is C25H31IN2O3S. The van der Waals surface area contributed by atoms with Crippen molar-refractivity contribution in [3.8, 4) is 0 Å². The second-order valence-electron chi connectivity index (χ2n) is 10.5. The number of piperidine rings is 1. The average molecular weight is 567 g/mol. The standard InChI is InChI=1S/C25H31IN2O3S/c1-24(2,3)17-32(30,31)20-6-4-5-19(16-20)27-23(29)21-8-7-18(26)15-22(21)28-13-11-25(9-10-25)12-14-28/h4-8,15-16H,9-14,17H2,1-3H3,(H,27,29). The highest BCUT2D eigenvalue weighted by molar-refractivity contribution is 14.1. The van der Waals surface area contributed by atoms with Crippen molar-refractivity contribution < 1.29 is 13.2 Å². The predicted molar refractivity (Wildman–Crippen MR) is 138 cm³/mol. The molecule has 1 aliphatic heterocycles. The molecule has 0 radical (unpaired) electrons. The van der Waals surface area contributed by atoms with Gasteiger partial charge >= 0.3 is 0 Å². The van der Waals surface area contributed by atoms with Crippen LogP contribution in [0.25, 0.3) is 0 Å². The van der Waals surface area contributed by atoms with E-state index in [2.05, 4.69) is 38.9 Å². The zero-order valence-corrected chi connectivity index (χ0v) is 21.9. The van der Waals surface area contributed by atoms with E-state index in [1.165, 1.54) is 25.7 Å². The van der Waals surface area contributed by atoms with E-state index in [4.69, 9.17) is 0 Å². The molecule has 2 aromatic rings. The summed E-state index contributed by atoms with van der Waals surface area (Å²) >= 11 is 2.28. The van der Waals surface area contributed by atoms with Crippen LogP contribution in [0.15, 0.2) is 47.4 Å². The van der Waals surface area contributed by atoms with Crippen LogP contribution in [-0.4, -0.2) is 33.2 Å². The summed E-state index contributed by atoms with van der Waals surface area (Å²) in [5, 5.41) is 2.93. The number of nitrogens with zero attached hydrogens (tertiary/aromatic N) is 1. The van der Waals surface area contributed by atoms with Gasteiger partial charge in [0.2, 0.25) is 0 Å². The first-order valence-electron chi connectivity index (χ1n) is 11.2. The third-order valence-electron chi connectivity index (χ3n) is 6.40. The maximum absolute atomic E-state index is 13.2. The fourth-order valence-electron chi connectivity index (χ4n) is 4.48. The van der Waals surface area contributed by atoms with Crippen LogP contribution in [0.3, 0.4) is 0 Å². The minimum atomic E-state index is -3.44. The number of amides is 1. The molecule has 7 heteroatoms. The van der Waals surface area contributed by atoms with Crippen LogP contribution in [0.2, 0.25) is 0 Å². The van der Waals surface area contributed by atoms with Gasteiger partial charge in [-0.05, 0) is 95.5 Å². The van der Waals surface area contributed by atoms with E-state index in [0.29, 0.717) is 16.7 Å². The molecule has 1 N–H and O–H groups in total. The molecule has 1 heterocycles. The highest BCUT2D eigenvalue weighted by Crippen LogP contribution is 2.54. The third kappa shape index (κ3) is 5.47. The van der Waals surface area contributed by atoms with Gasteiger partial charge in [-0.3, -0.25) is 4.79 Å². The molecular weight excluding hydrogens is 535 g/mol. The van der Waals surface area contributed by atoms with E-state index in [9.17, 15) is 13.2 Å². The first kappa shape index (κ1) is 23.5. The molecule has 1 amide bonds. The maximum Gasteiger partial charge on any atom is 0.257 e. The molecule has 1 aliphatic carbocycles. The number of rotatable bonds is 5. The summed E-state index contributed by atoms with van der Waals surface area (Å²) in [6.45, 7) is 7.65. The van der Waals surface area contributed by atoms with Gasteiger partial charge in [-0.1, -0.05) is 26.8 Å². The minimum Gasteiger partial charge on any atom is -0.371 e. The van der Waals surface area contributed by atoms with E-state index in [1.54, 1.807) is 24.3 Å². The van der Waals surface area contributed by atoms with Gasteiger partial charge in [0, 0.05) is 22.3 Å². The van der Waals surface area contributed by atoms with Gasteiger partial charge in [0.1, 0.15) is 0 Å².